The number of halogens is 1. The number of hydrazine groups is 1. The van der Waals surface area contributed by atoms with Crippen molar-refractivity contribution in [2.45, 2.75) is 6.04 Å². The van der Waals surface area contributed by atoms with E-state index in [4.69, 9.17) is 20.6 Å². The van der Waals surface area contributed by atoms with Crippen molar-refractivity contribution in [3.05, 3.63) is 83.4 Å². The van der Waals surface area contributed by atoms with E-state index in [9.17, 15) is 9.59 Å². The quantitative estimate of drug-likeness (QED) is 0.194. The van der Waals surface area contributed by atoms with Gasteiger partial charge in [0.05, 0.1) is 19.8 Å². The third-order valence-corrected chi connectivity index (χ3v) is 4.81. The maximum Gasteiger partial charge on any atom is 0.271 e. The van der Waals surface area contributed by atoms with Crippen LogP contribution in [0.4, 0.5) is 10.1 Å². The minimum Gasteiger partial charge on any atom is -0.493 e. The van der Waals surface area contributed by atoms with Crippen LogP contribution in [0.5, 0.6) is 11.5 Å². The largest absolute Gasteiger partial charge is 0.493 e. The van der Waals surface area contributed by atoms with Crippen LogP contribution in [-0.2, 0) is 4.79 Å². The fourth-order valence-corrected chi connectivity index (χ4v) is 3.05. The van der Waals surface area contributed by atoms with Gasteiger partial charge in [-0.05, 0) is 42.5 Å². The van der Waals surface area contributed by atoms with Crippen LogP contribution in [0.3, 0.4) is 0 Å². The molecule has 6 N–H and O–H groups in total. The van der Waals surface area contributed by atoms with E-state index in [1.807, 2.05) is 0 Å². The lowest BCUT2D eigenvalue weighted by Crippen LogP contribution is -2.45. The molecule has 0 spiro atoms. The number of ether oxygens (including phenoxy) is 2. The number of carbonyl (C=O) groups is 2. The van der Waals surface area contributed by atoms with Crippen molar-refractivity contribution in [3.8, 4) is 11.5 Å². The number of nitrogens with two attached hydrogens (primary N) is 1. The standard InChI is InChI=1S/C23H23FN6O4/c1-33-18-10-16(17(24)11-19(18)34-2)20(28-15-7-5-13(6-8-15)21(25)26)23(32)30-29-22(31)14-4-3-9-27-12-14/h3-12,20,28H,1-2H3,(H3,25,26)(H,29,31)(H,30,32). The molecule has 3 aromatic rings. The Balaban J connectivity index is 1.90. The number of hydrogen-bond donors (Lipinski definition) is 5. The summed E-state index contributed by atoms with van der Waals surface area (Å²) in [5, 5.41) is 10.4. The maximum absolute atomic E-state index is 15.0. The van der Waals surface area contributed by atoms with E-state index in [1.165, 1.54) is 38.7 Å². The molecule has 0 fully saturated rings. The van der Waals surface area contributed by atoms with Crippen LogP contribution in [0.25, 0.3) is 0 Å². The van der Waals surface area contributed by atoms with Crippen LogP contribution >= 0.6 is 0 Å². The Labute approximate surface area is 194 Å². The summed E-state index contributed by atoms with van der Waals surface area (Å²) in [4.78, 5) is 29.2. The minimum absolute atomic E-state index is 0.0542. The van der Waals surface area contributed by atoms with Gasteiger partial charge in [0, 0.05) is 35.3 Å². The number of nitrogen functional groups attached to an aromatic ring is 1. The molecule has 1 heterocycles. The van der Waals surface area contributed by atoms with Gasteiger partial charge in [0.15, 0.2) is 11.5 Å². The number of anilines is 1. The fraction of sp³-hybridized carbons (Fsp3) is 0.130. The number of nitrogens with one attached hydrogen (secondary N) is 4. The van der Waals surface area contributed by atoms with Gasteiger partial charge in [-0.15, -0.1) is 0 Å². The van der Waals surface area contributed by atoms with Gasteiger partial charge in [-0.25, -0.2) is 4.39 Å². The average Bonchev–Trinajstić information content (AvgIpc) is 2.86. The van der Waals surface area contributed by atoms with Gasteiger partial charge in [0.1, 0.15) is 17.7 Å². The van der Waals surface area contributed by atoms with E-state index < -0.39 is 23.7 Å². The highest BCUT2D eigenvalue weighted by Crippen LogP contribution is 2.33. The first-order valence-electron chi connectivity index (χ1n) is 9.96. The third-order valence-electron chi connectivity index (χ3n) is 4.81. The Morgan fingerprint density at radius 2 is 1.71 bits per heavy atom. The third kappa shape index (κ3) is 5.57. The number of amides is 2. The first-order chi connectivity index (χ1) is 16.3. The van der Waals surface area contributed by atoms with Gasteiger partial charge in [0.25, 0.3) is 11.8 Å². The molecule has 0 aliphatic heterocycles. The van der Waals surface area contributed by atoms with E-state index in [0.29, 0.717) is 11.3 Å². The number of carbonyl (C=O) groups excluding carboxylic acids is 2. The lowest BCUT2D eigenvalue weighted by molar-refractivity contribution is -0.122. The molecule has 0 saturated carbocycles. The monoisotopic (exact) mass is 466 g/mol. The Kier molecular flexibility index (Phi) is 7.60. The number of pyridine rings is 1. The molecule has 2 aromatic carbocycles. The molecule has 176 valence electrons. The Morgan fingerprint density at radius 1 is 1.03 bits per heavy atom. The molecule has 1 aromatic heterocycles. The molecule has 34 heavy (non-hydrogen) atoms. The number of hydrogen-bond acceptors (Lipinski definition) is 7. The molecule has 3 rings (SSSR count). The molecule has 2 amide bonds. The van der Waals surface area contributed by atoms with Crippen LogP contribution in [0.15, 0.2) is 60.9 Å². The van der Waals surface area contributed by atoms with Crippen molar-refractivity contribution in [2.75, 3.05) is 19.5 Å². The number of nitrogens with zero attached hydrogens (tertiary/aromatic N) is 1. The number of amidine groups is 1. The van der Waals surface area contributed by atoms with Gasteiger partial charge < -0.3 is 20.5 Å². The highest BCUT2D eigenvalue weighted by Gasteiger charge is 2.26. The normalized spacial score (nSPS) is 11.1. The van der Waals surface area contributed by atoms with Gasteiger partial charge in [0.2, 0.25) is 0 Å². The second-order valence-corrected chi connectivity index (χ2v) is 6.98. The second kappa shape index (κ2) is 10.8. The molecule has 10 nitrogen and oxygen atoms in total. The number of aromatic nitrogens is 1. The fourth-order valence-electron chi connectivity index (χ4n) is 3.05. The van der Waals surface area contributed by atoms with Crippen molar-refractivity contribution in [3.63, 3.8) is 0 Å². The minimum atomic E-state index is -1.28. The average molecular weight is 466 g/mol. The number of benzene rings is 2. The second-order valence-electron chi connectivity index (χ2n) is 6.98. The van der Waals surface area contributed by atoms with Crippen molar-refractivity contribution in [1.29, 1.82) is 5.41 Å². The molecule has 1 unspecified atom stereocenters. The highest BCUT2D eigenvalue weighted by molar-refractivity contribution is 5.96. The summed E-state index contributed by atoms with van der Waals surface area (Å²) in [5.74, 6) is -1.84. The van der Waals surface area contributed by atoms with E-state index in [-0.39, 0.29) is 28.5 Å². The molecule has 0 radical (unpaired) electrons. The van der Waals surface area contributed by atoms with Crippen molar-refractivity contribution in [2.24, 2.45) is 5.73 Å². The molecule has 0 aliphatic carbocycles. The maximum atomic E-state index is 15.0. The summed E-state index contributed by atoms with van der Waals surface area (Å²) in [7, 11) is 2.75. The van der Waals surface area contributed by atoms with E-state index in [1.54, 1.807) is 30.3 Å². The molecular formula is C23H23FN6O4. The van der Waals surface area contributed by atoms with Gasteiger partial charge in [-0.3, -0.25) is 30.8 Å². The first-order valence-corrected chi connectivity index (χ1v) is 9.96. The molecule has 0 bridgehead atoms. The number of methoxy groups -OCH3 is 2. The van der Waals surface area contributed by atoms with Crippen LogP contribution in [-0.4, -0.2) is 36.9 Å². The van der Waals surface area contributed by atoms with Gasteiger partial charge in [-0.1, -0.05) is 0 Å². The first kappa shape index (κ1) is 24.0. The molecule has 0 aliphatic rings. The van der Waals surface area contributed by atoms with Gasteiger partial charge >= 0.3 is 0 Å². The molecule has 1 atom stereocenters. The summed E-state index contributed by atoms with van der Waals surface area (Å²) in [6.45, 7) is 0. The summed E-state index contributed by atoms with van der Waals surface area (Å²) in [6.07, 6.45) is 2.84. The van der Waals surface area contributed by atoms with E-state index in [2.05, 4.69) is 21.2 Å². The summed E-state index contributed by atoms with van der Waals surface area (Å²) in [5.41, 5.74) is 11.2. The summed E-state index contributed by atoms with van der Waals surface area (Å²) < 4.78 is 25.4. The van der Waals surface area contributed by atoms with Crippen molar-refractivity contribution >= 4 is 23.3 Å². The van der Waals surface area contributed by atoms with Crippen LogP contribution < -0.4 is 31.4 Å². The van der Waals surface area contributed by atoms with E-state index >= 15 is 4.39 Å². The molecule has 11 heteroatoms. The van der Waals surface area contributed by atoms with Crippen molar-refractivity contribution < 1.29 is 23.5 Å². The topological polar surface area (TPSA) is 151 Å². The lowest BCUT2D eigenvalue weighted by atomic mass is 10.0. The van der Waals surface area contributed by atoms with Gasteiger partial charge in [-0.2, -0.15) is 0 Å². The zero-order valence-corrected chi connectivity index (χ0v) is 18.4. The predicted molar refractivity (Wildman–Crippen MR) is 123 cm³/mol. The smallest absolute Gasteiger partial charge is 0.271 e. The Bertz CT molecular complexity index is 1190. The predicted octanol–water partition coefficient (Wildman–Crippen LogP) is 2.14. The summed E-state index contributed by atoms with van der Waals surface area (Å²) in [6, 6.07) is 10.6. The van der Waals surface area contributed by atoms with E-state index in [0.717, 1.165) is 6.07 Å². The Hall–Kier alpha value is -4.67. The highest BCUT2D eigenvalue weighted by atomic mass is 19.1. The number of rotatable bonds is 8. The molecule has 0 saturated heterocycles. The van der Waals surface area contributed by atoms with Crippen LogP contribution in [0, 0.1) is 11.2 Å². The van der Waals surface area contributed by atoms with Crippen LogP contribution in [0.1, 0.15) is 27.5 Å². The molecular weight excluding hydrogens is 443 g/mol. The zero-order valence-electron chi connectivity index (χ0n) is 18.4. The van der Waals surface area contributed by atoms with Crippen LogP contribution in [0.2, 0.25) is 0 Å². The Morgan fingerprint density at radius 3 is 2.29 bits per heavy atom. The SMILES string of the molecule is COc1cc(F)c(C(Nc2ccc(C(=N)N)cc2)C(=O)NNC(=O)c2cccnc2)cc1OC. The van der Waals surface area contributed by atoms with Crippen molar-refractivity contribution in [1.82, 2.24) is 15.8 Å². The summed E-state index contributed by atoms with van der Waals surface area (Å²) >= 11 is 0. The lowest BCUT2D eigenvalue weighted by Gasteiger charge is -2.22. The zero-order chi connectivity index (χ0) is 24.7.